The van der Waals surface area contributed by atoms with Crippen LogP contribution in [0.1, 0.15) is 58.2 Å². The van der Waals surface area contributed by atoms with Crippen molar-refractivity contribution in [2.24, 2.45) is 5.92 Å². The average Bonchev–Trinajstić information content (AvgIpc) is 3.22. The Kier molecular flexibility index (Phi) is 10.3. The molecule has 0 saturated heterocycles. The highest BCUT2D eigenvalue weighted by Gasteiger charge is 2.13. The summed E-state index contributed by atoms with van der Waals surface area (Å²) in [6.07, 6.45) is 6.78. The highest BCUT2D eigenvalue weighted by molar-refractivity contribution is 5.78. The third-order valence-electron chi connectivity index (χ3n) is 6.30. The van der Waals surface area contributed by atoms with Crippen molar-refractivity contribution in [2.75, 3.05) is 20.3 Å². The fourth-order valence-electron chi connectivity index (χ4n) is 4.27. The van der Waals surface area contributed by atoms with Gasteiger partial charge in [0, 0.05) is 31.5 Å². The molecule has 0 radical (unpaired) electrons. The Labute approximate surface area is 203 Å². The number of hydrogen-bond acceptors (Lipinski definition) is 4. The summed E-state index contributed by atoms with van der Waals surface area (Å²) in [6.45, 7) is 6.41. The summed E-state index contributed by atoms with van der Waals surface area (Å²) in [5.74, 6) is 3.10. The zero-order valence-corrected chi connectivity index (χ0v) is 20.9. The molecule has 0 unspecified atom stereocenters. The predicted molar refractivity (Wildman–Crippen MR) is 137 cm³/mol. The lowest BCUT2D eigenvalue weighted by Crippen LogP contribution is -2.30. The molecule has 0 fully saturated rings. The van der Waals surface area contributed by atoms with Gasteiger partial charge < -0.3 is 19.4 Å². The van der Waals surface area contributed by atoms with Crippen molar-refractivity contribution in [2.45, 2.75) is 65.3 Å². The van der Waals surface area contributed by atoms with E-state index in [2.05, 4.69) is 41.9 Å². The lowest BCUT2D eigenvalue weighted by atomic mass is 10.0. The van der Waals surface area contributed by atoms with E-state index in [0.29, 0.717) is 6.61 Å². The van der Waals surface area contributed by atoms with E-state index >= 15 is 0 Å². The number of unbranched alkanes of at least 4 members (excludes halogenated alkanes) is 2. The molecular formula is C28H39N3O3. The number of nitrogens with one attached hydrogen (secondary N) is 1. The van der Waals surface area contributed by atoms with Gasteiger partial charge in [-0.05, 0) is 56.4 Å². The van der Waals surface area contributed by atoms with Crippen molar-refractivity contribution in [3.05, 3.63) is 54.4 Å². The molecule has 0 aliphatic carbocycles. The average molecular weight is 466 g/mol. The van der Waals surface area contributed by atoms with Gasteiger partial charge in [-0.1, -0.05) is 38.5 Å². The second-order valence-corrected chi connectivity index (χ2v) is 8.66. The maximum atomic E-state index is 12.1. The zero-order valence-electron chi connectivity index (χ0n) is 20.9. The number of aryl methyl sites for hydroxylation is 2. The van der Waals surface area contributed by atoms with Gasteiger partial charge >= 0.3 is 0 Å². The number of hydrogen-bond donors (Lipinski definition) is 1. The molecule has 1 amide bonds. The molecule has 0 aliphatic heterocycles. The molecule has 3 rings (SSSR count). The number of benzene rings is 2. The van der Waals surface area contributed by atoms with Crippen LogP contribution < -0.4 is 14.8 Å². The van der Waals surface area contributed by atoms with E-state index < -0.39 is 0 Å². The number of aromatic nitrogens is 2. The summed E-state index contributed by atoms with van der Waals surface area (Å²) >= 11 is 0. The van der Waals surface area contributed by atoms with E-state index in [1.807, 2.05) is 30.3 Å². The molecule has 3 aromatic rings. The first kappa shape index (κ1) is 25.6. The zero-order chi connectivity index (χ0) is 24.2. The molecule has 1 aromatic heterocycles. The third kappa shape index (κ3) is 7.24. The third-order valence-corrected chi connectivity index (χ3v) is 6.30. The first-order valence-corrected chi connectivity index (χ1v) is 12.6. The standard InChI is InChI=1S/C28H39N3O3/c1-4-22(5-2)28(32)29-18-10-6-7-17-27-30-25-15-8-9-16-26(25)31(27)19-12-20-34-24-14-11-13-23(21-24)33-3/h8-9,11,13-16,21-22H,4-7,10,12,17-20H2,1-3H3,(H,29,32). The van der Waals surface area contributed by atoms with Gasteiger partial charge in [0.25, 0.3) is 0 Å². The van der Waals surface area contributed by atoms with Crippen molar-refractivity contribution in [3.63, 3.8) is 0 Å². The minimum Gasteiger partial charge on any atom is -0.497 e. The van der Waals surface area contributed by atoms with Gasteiger partial charge in [-0.25, -0.2) is 4.98 Å². The van der Waals surface area contributed by atoms with Gasteiger partial charge in [0.1, 0.15) is 17.3 Å². The summed E-state index contributed by atoms with van der Waals surface area (Å²) in [5, 5.41) is 3.09. The Bertz CT molecular complexity index is 1030. The molecule has 2 aromatic carbocycles. The number of carbonyl (C=O) groups is 1. The van der Waals surface area contributed by atoms with Crippen LogP contribution >= 0.6 is 0 Å². The number of methoxy groups -OCH3 is 1. The number of fused-ring (bicyclic) bond motifs is 1. The molecule has 184 valence electrons. The molecule has 0 saturated carbocycles. The van der Waals surface area contributed by atoms with E-state index in [1.165, 1.54) is 5.52 Å². The van der Waals surface area contributed by atoms with E-state index in [4.69, 9.17) is 14.5 Å². The molecule has 6 nitrogen and oxygen atoms in total. The number of rotatable bonds is 15. The first-order valence-electron chi connectivity index (χ1n) is 12.6. The van der Waals surface area contributed by atoms with E-state index in [1.54, 1.807) is 7.11 Å². The molecule has 0 spiro atoms. The van der Waals surface area contributed by atoms with Crippen molar-refractivity contribution < 1.29 is 14.3 Å². The smallest absolute Gasteiger partial charge is 0.223 e. The molecule has 1 N–H and O–H groups in total. The van der Waals surface area contributed by atoms with Crippen LogP contribution in [0.15, 0.2) is 48.5 Å². The maximum absolute atomic E-state index is 12.1. The van der Waals surface area contributed by atoms with Gasteiger partial charge in [0.2, 0.25) is 5.91 Å². The Morgan fingerprint density at radius 3 is 2.59 bits per heavy atom. The quantitative estimate of drug-likeness (QED) is 0.289. The highest BCUT2D eigenvalue weighted by atomic mass is 16.5. The number of nitrogens with zero attached hydrogens (tertiary/aromatic N) is 2. The van der Waals surface area contributed by atoms with Crippen LogP contribution in [-0.2, 0) is 17.8 Å². The van der Waals surface area contributed by atoms with Crippen molar-refractivity contribution >= 4 is 16.9 Å². The molecule has 1 heterocycles. The molecule has 34 heavy (non-hydrogen) atoms. The van der Waals surface area contributed by atoms with Crippen LogP contribution in [0.3, 0.4) is 0 Å². The highest BCUT2D eigenvalue weighted by Crippen LogP contribution is 2.21. The van der Waals surface area contributed by atoms with Crippen molar-refractivity contribution in [1.29, 1.82) is 0 Å². The molecule has 0 aliphatic rings. The Morgan fingerprint density at radius 2 is 1.79 bits per heavy atom. The lowest BCUT2D eigenvalue weighted by molar-refractivity contribution is -0.125. The largest absolute Gasteiger partial charge is 0.497 e. The summed E-state index contributed by atoms with van der Waals surface area (Å²) in [6, 6.07) is 16.0. The van der Waals surface area contributed by atoms with Crippen LogP contribution in [0, 0.1) is 5.92 Å². The van der Waals surface area contributed by atoms with Crippen molar-refractivity contribution in [1.82, 2.24) is 14.9 Å². The minimum absolute atomic E-state index is 0.146. The second kappa shape index (κ2) is 13.6. The van der Waals surface area contributed by atoms with E-state index in [9.17, 15) is 4.79 Å². The normalized spacial score (nSPS) is 11.2. The lowest BCUT2D eigenvalue weighted by Gasteiger charge is -2.13. The fraction of sp³-hybridized carbons (Fsp3) is 0.500. The Morgan fingerprint density at radius 1 is 1.00 bits per heavy atom. The molecule has 0 bridgehead atoms. The number of imidazole rings is 1. The van der Waals surface area contributed by atoms with Crippen LogP contribution in [0.5, 0.6) is 11.5 Å². The minimum atomic E-state index is 0.146. The first-order chi connectivity index (χ1) is 16.7. The van der Waals surface area contributed by atoms with Gasteiger partial charge in [-0.15, -0.1) is 0 Å². The SMILES string of the molecule is CCC(CC)C(=O)NCCCCCc1nc2ccccc2n1CCCOc1cccc(OC)c1. The topological polar surface area (TPSA) is 65.4 Å². The second-order valence-electron chi connectivity index (χ2n) is 8.66. The number of para-hydroxylation sites is 2. The van der Waals surface area contributed by atoms with Crippen LogP contribution in [0.4, 0.5) is 0 Å². The number of ether oxygens (including phenoxy) is 2. The fourth-order valence-corrected chi connectivity index (χ4v) is 4.27. The van der Waals surface area contributed by atoms with Gasteiger partial charge in [-0.3, -0.25) is 4.79 Å². The van der Waals surface area contributed by atoms with Gasteiger partial charge in [-0.2, -0.15) is 0 Å². The summed E-state index contributed by atoms with van der Waals surface area (Å²) in [5.41, 5.74) is 2.22. The Hall–Kier alpha value is -3.02. The number of carbonyl (C=O) groups excluding carboxylic acids is 1. The molecule has 0 atom stereocenters. The predicted octanol–water partition coefficient (Wildman–Crippen LogP) is 5.78. The van der Waals surface area contributed by atoms with Crippen LogP contribution in [-0.4, -0.2) is 35.7 Å². The summed E-state index contributed by atoms with van der Waals surface area (Å²) in [4.78, 5) is 17.0. The van der Waals surface area contributed by atoms with Gasteiger partial charge in [0.05, 0.1) is 24.8 Å². The van der Waals surface area contributed by atoms with E-state index in [-0.39, 0.29) is 11.8 Å². The molecule has 6 heteroatoms. The Balaban J connectivity index is 1.48. The van der Waals surface area contributed by atoms with Crippen LogP contribution in [0.2, 0.25) is 0 Å². The number of amides is 1. The van der Waals surface area contributed by atoms with Gasteiger partial charge in [0.15, 0.2) is 0 Å². The molecular weight excluding hydrogens is 426 g/mol. The van der Waals surface area contributed by atoms with Crippen molar-refractivity contribution in [3.8, 4) is 11.5 Å². The monoisotopic (exact) mass is 465 g/mol. The summed E-state index contributed by atoms with van der Waals surface area (Å²) in [7, 11) is 1.66. The van der Waals surface area contributed by atoms with E-state index in [0.717, 1.165) is 80.9 Å². The van der Waals surface area contributed by atoms with Crippen LogP contribution in [0.25, 0.3) is 11.0 Å². The summed E-state index contributed by atoms with van der Waals surface area (Å²) < 4.78 is 13.5. The maximum Gasteiger partial charge on any atom is 0.223 e.